The van der Waals surface area contributed by atoms with Crippen molar-refractivity contribution in [3.8, 4) is 5.75 Å². The summed E-state index contributed by atoms with van der Waals surface area (Å²) in [5.41, 5.74) is 3.54. The van der Waals surface area contributed by atoms with Crippen molar-refractivity contribution < 1.29 is 14.6 Å². The number of aromatic nitrogens is 1. The van der Waals surface area contributed by atoms with Crippen LogP contribution in [0.3, 0.4) is 0 Å². The summed E-state index contributed by atoms with van der Waals surface area (Å²) in [6.45, 7) is 7.71. The molecule has 7 nitrogen and oxygen atoms in total. The molecule has 0 aliphatic carbocycles. The van der Waals surface area contributed by atoms with Gasteiger partial charge < -0.3 is 20.1 Å². The average molecular weight is 477 g/mol. The number of morpholine rings is 1. The number of aromatic amines is 1. The molecule has 2 fully saturated rings. The third kappa shape index (κ3) is 6.23. The average Bonchev–Trinajstić information content (AvgIpc) is 3.29. The molecule has 5 rings (SSSR count). The zero-order valence-electron chi connectivity index (χ0n) is 20.3. The molecule has 3 aromatic rings. The number of piperidine rings is 1. The number of hydrogen-bond donors (Lipinski definition) is 3. The summed E-state index contributed by atoms with van der Waals surface area (Å²) in [4.78, 5) is 21.5. The molecule has 2 aromatic carbocycles. The van der Waals surface area contributed by atoms with Gasteiger partial charge in [-0.15, -0.1) is 0 Å². The minimum atomic E-state index is -0.0186. The van der Waals surface area contributed by atoms with Crippen molar-refractivity contribution in [1.82, 2.24) is 20.1 Å². The summed E-state index contributed by atoms with van der Waals surface area (Å²) in [6, 6.07) is 15.7. The number of phenolic OH excluding ortho intramolecular Hbond substituents is 1. The molecule has 0 unspecified atom stereocenters. The number of H-pyrrole nitrogens is 1. The van der Waals surface area contributed by atoms with Crippen LogP contribution >= 0.6 is 0 Å². The Morgan fingerprint density at radius 1 is 1.06 bits per heavy atom. The van der Waals surface area contributed by atoms with Crippen molar-refractivity contribution in [2.45, 2.75) is 19.4 Å². The molecule has 2 aliphatic heterocycles. The van der Waals surface area contributed by atoms with Gasteiger partial charge in [-0.1, -0.05) is 30.3 Å². The van der Waals surface area contributed by atoms with E-state index in [9.17, 15) is 9.90 Å². The lowest BCUT2D eigenvalue weighted by molar-refractivity contribution is -0.127. The number of nitrogens with zero attached hydrogens (tertiary/aromatic N) is 2. The van der Waals surface area contributed by atoms with Crippen LogP contribution < -0.4 is 5.32 Å². The number of aromatic hydroxyl groups is 1. The van der Waals surface area contributed by atoms with Gasteiger partial charge in [0.15, 0.2) is 0 Å². The van der Waals surface area contributed by atoms with Gasteiger partial charge in [0.25, 0.3) is 0 Å². The molecule has 0 bridgehead atoms. The number of hydrogen-bond acceptors (Lipinski definition) is 5. The van der Waals surface area contributed by atoms with Gasteiger partial charge >= 0.3 is 0 Å². The first kappa shape index (κ1) is 23.9. The molecule has 2 atom stereocenters. The summed E-state index contributed by atoms with van der Waals surface area (Å²) in [5.74, 6) is 0.871. The van der Waals surface area contributed by atoms with E-state index in [1.807, 2.05) is 18.2 Å². The minimum absolute atomic E-state index is 0.0186. The van der Waals surface area contributed by atoms with E-state index in [1.54, 1.807) is 12.1 Å². The molecule has 3 heterocycles. The second kappa shape index (κ2) is 11.2. The van der Waals surface area contributed by atoms with Crippen LogP contribution in [0.4, 0.5) is 0 Å². The number of benzene rings is 2. The van der Waals surface area contributed by atoms with Crippen molar-refractivity contribution in [1.29, 1.82) is 0 Å². The van der Waals surface area contributed by atoms with Crippen LogP contribution in [0.15, 0.2) is 54.7 Å². The molecule has 0 saturated carbocycles. The van der Waals surface area contributed by atoms with Crippen molar-refractivity contribution in [3.63, 3.8) is 0 Å². The van der Waals surface area contributed by atoms with E-state index >= 15 is 0 Å². The lowest BCUT2D eigenvalue weighted by Crippen LogP contribution is -2.50. The number of rotatable bonds is 8. The Morgan fingerprint density at radius 2 is 1.86 bits per heavy atom. The second-order valence-corrected chi connectivity index (χ2v) is 9.97. The molecule has 7 heteroatoms. The monoisotopic (exact) mass is 476 g/mol. The van der Waals surface area contributed by atoms with E-state index in [0.29, 0.717) is 12.5 Å². The highest BCUT2D eigenvalue weighted by Crippen LogP contribution is 2.26. The number of fused-ring (bicyclic) bond motifs is 1. The van der Waals surface area contributed by atoms with Crippen molar-refractivity contribution in [2.75, 3.05) is 52.5 Å². The van der Waals surface area contributed by atoms with E-state index in [-0.39, 0.29) is 17.6 Å². The van der Waals surface area contributed by atoms with Gasteiger partial charge in [0, 0.05) is 62.9 Å². The predicted molar refractivity (Wildman–Crippen MR) is 137 cm³/mol. The maximum absolute atomic E-state index is 13.3. The Hall–Kier alpha value is -2.87. The van der Waals surface area contributed by atoms with Gasteiger partial charge in [0.2, 0.25) is 5.91 Å². The van der Waals surface area contributed by atoms with Crippen molar-refractivity contribution in [3.05, 3.63) is 65.9 Å². The molecule has 1 amide bonds. The number of carbonyl (C=O) groups excluding carboxylic acids is 1. The Balaban J connectivity index is 1.20. The SMILES string of the molecule is O=C(NCCc1c[nH]c2ccccc12)[C@@H]1C[C@H](CN2CCOCC2)CN(Cc2ccc(O)cc2)C1. The van der Waals surface area contributed by atoms with Gasteiger partial charge in [-0.3, -0.25) is 14.6 Å². The molecule has 1 aromatic heterocycles. The molecule has 186 valence electrons. The minimum Gasteiger partial charge on any atom is -0.508 e. The van der Waals surface area contributed by atoms with E-state index in [2.05, 4.69) is 44.5 Å². The first-order valence-corrected chi connectivity index (χ1v) is 12.8. The highest BCUT2D eigenvalue weighted by molar-refractivity contribution is 5.83. The molecular weight excluding hydrogens is 440 g/mol. The van der Waals surface area contributed by atoms with Crippen LogP contribution in [0.5, 0.6) is 5.75 Å². The number of amides is 1. The Kier molecular flexibility index (Phi) is 7.66. The predicted octanol–water partition coefficient (Wildman–Crippen LogP) is 3.00. The second-order valence-electron chi connectivity index (χ2n) is 9.97. The highest BCUT2D eigenvalue weighted by atomic mass is 16.5. The zero-order chi connectivity index (χ0) is 24.0. The fraction of sp³-hybridized carbons (Fsp3) is 0.464. The standard InChI is InChI=1S/C28H36N4O3/c33-25-7-5-21(6-8-25)17-32-19-22(18-31-11-13-35-14-12-31)15-24(20-32)28(34)29-10-9-23-16-30-27-4-2-1-3-26(23)27/h1-8,16,22,24,30,33H,9-15,17-20H2,(H,29,34)/t22-,24-/m1/s1. The van der Waals surface area contributed by atoms with Crippen LogP contribution in [0, 0.1) is 11.8 Å². The lowest BCUT2D eigenvalue weighted by atomic mass is 9.87. The quantitative estimate of drug-likeness (QED) is 0.466. The molecule has 0 spiro atoms. The van der Waals surface area contributed by atoms with Gasteiger partial charge in [0.05, 0.1) is 19.1 Å². The number of nitrogens with one attached hydrogen (secondary N) is 2. The summed E-state index contributed by atoms with van der Waals surface area (Å²) < 4.78 is 5.52. The van der Waals surface area contributed by atoms with E-state index in [1.165, 1.54) is 10.9 Å². The number of para-hydroxylation sites is 1. The van der Waals surface area contributed by atoms with E-state index < -0.39 is 0 Å². The molecule has 2 aliphatic rings. The third-order valence-electron chi connectivity index (χ3n) is 7.31. The summed E-state index contributed by atoms with van der Waals surface area (Å²) >= 11 is 0. The molecule has 35 heavy (non-hydrogen) atoms. The Morgan fingerprint density at radius 3 is 2.69 bits per heavy atom. The number of carbonyl (C=O) groups is 1. The van der Waals surface area contributed by atoms with Gasteiger partial charge in [0.1, 0.15) is 5.75 Å². The van der Waals surface area contributed by atoms with Gasteiger partial charge in [-0.2, -0.15) is 0 Å². The molecular formula is C28H36N4O3. The third-order valence-corrected chi connectivity index (χ3v) is 7.31. The van der Waals surface area contributed by atoms with Crippen LogP contribution in [0.1, 0.15) is 17.5 Å². The Bertz CT molecular complexity index is 1110. The largest absolute Gasteiger partial charge is 0.508 e. The van der Waals surface area contributed by atoms with Gasteiger partial charge in [-0.05, 0) is 48.1 Å². The maximum atomic E-state index is 13.3. The van der Waals surface area contributed by atoms with E-state index in [0.717, 1.165) is 76.4 Å². The first-order valence-electron chi connectivity index (χ1n) is 12.8. The number of ether oxygens (including phenoxy) is 1. The van der Waals surface area contributed by atoms with Gasteiger partial charge in [-0.25, -0.2) is 0 Å². The topological polar surface area (TPSA) is 80.8 Å². The molecule has 2 saturated heterocycles. The van der Waals surface area contributed by atoms with Crippen LogP contribution in [0.2, 0.25) is 0 Å². The summed E-state index contributed by atoms with van der Waals surface area (Å²) in [7, 11) is 0. The fourth-order valence-corrected chi connectivity index (χ4v) is 5.57. The smallest absolute Gasteiger partial charge is 0.224 e. The normalized spacial score (nSPS) is 21.8. The van der Waals surface area contributed by atoms with Crippen LogP contribution in [-0.4, -0.2) is 78.3 Å². The number of likely N-dealkylation sites (tertiary alicyclic amines) is 1. The highest BCUT2D eigenvalue weighted by Gasteiger charge is 2.32. The van der Waals surface area contributed by atoms with E-state index in [4.69, 9.17) is 4.74 Å². The molecule has 0 radical (unpaired) electrons. The van der Waals surface area contributed by atoms with Crippen molar-refractivity contribution in [2.24, 2.45) is 11.8 Å². The fourth-order valence-electron chi connectivity index (χ4n) is 5.57. The van der Waals surface area contributed by atoms with Crippen LogP contribution in [0.25, 0.3) is 10.9 Å². The first-order chi connectivity index (χ1) is 17.1. The van der Waals surface area contributed by atoms with Crippen molar-refractivity contribution >= 4 is 16.8 Å². The maximum Gasteiger partial charge on any atom is 0.224 e. The Labute approximate surface area is 207 Å². The van der Waals surface area contributed by atoms with Crippen LogP contribution in [-0.2, 0) is 22.5 Å². The molecule has 3 N–H and O–H groups in total. The number of phenols is 1. The summed E-state index contributed by atoms with van der Waals surface area (Å²) in [6.07, 6.45) is 3.79. The lowest BCUT2D eigenvalue weighted by Gasteiger charge is -2.40. The summed E-state index contributed by atoms with van der Waals surface area (Å²) in [5, 5.41) is 14.1. The zero-order valence-corrected chi connectivity index (χ0v) is 20.3.